The zero-order chi connectivity index (χ0) is 20.5. The molecule has 0 spiro atoms. The van der Waals surface area contributed by atoms with Crippen molar-refractivity contribution >= 4 is 16.9 Å². The van der Waals surface area contributed by atoms with Crippen LogP contribution < -0.4 is 10.3 Å². The smallest absolute Gasteiger partial charge is 0.200 e. The van der Waals surface area contributed by atoms with Gasteiger partial charge in [-0.2, -0.15) is 0 Å². The van der Waals surface area contributed by atoms with E-state index in [1.54, 1.807) is 24.3 Å². The Labute approximate surface area is 173 Å². The van der Waals surface area contributed by atoms with Crippen molar-refractivity contribution in [1.29, 1.82) is 0 Å². The van der Waals surface area contributed by atoms with Crippen LogP contribution in [0.1, 0.15) is 0 Å². The minimum atomic E-state index is -0.0470. The van der Waals surface area contributed by atoms with Gasteiger partial charge in [-0.1, -0.05) is 42.5 Å². The van der Waals surface area contributed by atoms with Crippen LogP contribution in [-0.2, 0) is 4.74 Å². The second-order valence-electron chi connectivity index (χ2n) is 7.36. The lowest BCUT2D eigenvalue weighted by atomic mass is 9.97. The van der Waals surface area contributed by atoms with E-state index >= 15 is 0 Å². The van der Waals surface area contributed by atoms with Gasteiger partial charge in [0, 0.05) is 24.7 Å². The SMILES string of the molecule is O=c1cc(N2CCOCC2)oc2c(-c3cccc(-c4ccc(O)cc4)c3)cccc12. The first-order valence-electron chi connectivity index (χ1n) is 9.98. The van der Waals surface area contributed by atoms with E-state index in [1.807, 2.05) is 47.4 Å². The van der Waals surface area contributed by atoms with Crippen LogP contribution in [0.5, 0.6) is 5.75 Å². The van der Waals surface area contributed by atoms with Crippen molar-refractivity contribution < 1.29 is 14.3 Å². The number of anilines is 1. The average Bonchev–Trinajstić information content (AvgIpc) is 2.80. The number of fused-ring (bicyclic) bond motifs is 1. The number of rotatable bonds is 3. The zero-order valence-electron chi connectivity index (χ0n) is 16.4. The Morgan fingerprint density at radius 1 is 0.800 bits per heavy atom. The summed E-state index contributed by atoms with van der Waals surface area (Å²) in [6, 6.07) is 22.4. The summed E-state index contributed by atoms with van der Waals surface area (Å²) in [6.07, 6.45) is 0. The maximum Gasteiger partial charge on any atom is 0.200 e. The molecule has 5 nitrogen and oxygen atoms in total. The molecule has 1 saturated heterocycles. The van der Waals surface area contributed by atoms with E-state index in [-0.39, 0.29) is 11.2 Å². The molecule has 0 bridgehead atoms. The van der Waals surface area contributed by atoms with Crippen molar-refractivity contribution in [2.45, 2.75) is 0 Å². The number of ether oxygens (including phenoxy) is 1. The van der Waals surface area contributed by atoms with Crippen LogP contribution >= 0.6 is 0 Å². The molecule has 5 heteroatoms. The molecule has 1 aliphatic heterocycles. The number of nitrogens with zero attached hydrogens (tertiary/aromatic N) is 1. The second-order valence-corrected chi connectivity index (χ2v) is 7.36. The van der Waals surface area contributed by atoms with Gasteiger partial charge in [0.1, 0.15) is 11.3 Å². The molecule has 4 aromatic rings. The highest BCUT2D eigenvalue weighted by Crippen LogP contribution is 2.33. The first-order valence-corrected chi connectivity index (χ1v) is 9.98. The lowest BCUT2D eigenvalue weighted by molar-refractivity contribution is 0.121. The van der Waals surface area contributed by atoms with E-state index in [9.17, 15) is 9.90 Å². The number of hydrogen-bond acceptors (Lipinski definition) is 5. The predicted octanol–water partition coefficient (Wildman–Crippen LogP) is 4.67. The summed E-state index contributed by atoms with van der Waals surface area (Å²) >= 11 is 0. The summed E-state index contributed by atoms with van der Waals surface area (Å²) < 4.78 is 11.7. The molecule has 30 heavy (non-hydrogen) atoms. The zero-order valence-corrected chi connectivity index (χ0v) is 16.4. The van der Waals surface area contributed by atoms with Crippen molar-refractivity contribution in [2.24, 2.45) is 0 Å². The van der Waals surface area contributed by atoms with Gasteiger partial charge in [-0.05, 0) is 41.0 Å². The Morgan fingerprint density at radius 3 is 2.33 bits per heavy atom. The van der Waals surface area contributed by atoms with Gasteiger partial charge in [-0.15, -0.1) is 0 Å². The fraction of sp³-hybridized carbons (Fsp3) is 0.160. The molecule has 0 aliphatic carbocycles. The summed E-state index contributed by atoms with van der Waals surface area (Å²) in [7, 11) is 0. The minimum Gasteiger partial charge on any atom is -0.508 e. The summed E-state index contributed by atoms with van der Waals surface area (Å²) in [5.74, 6) is 0.819. The molecule has 0 atom stereocenters. The second kappa shape index (κ2) is 7.69. The molecule has 2 heterocycles. The Bertz CT molecular complexity index is 1250. The van der Waals surface area contributed by atoms with Crippen LogP contribution in [0.15, 0.2) is 82.0 Å². The summed E-state index contributed by atoms with van der Waals surface area (Å²) in [4.78, 5) is 14.9. The molecule has 0 amide bonds. The Balaban J connectivity index is 1.63. The van der Waals surface area contributed by atoms with E-state index in [0.29, 0.717) is 43.2 Å². The Kier molecular flexibility index (Phi) is 4.73. The van der Waals surface area contributed by atoms with Crippen LogP contribution in [0.25, 0.3) is 33.2 Å². The van der Waals surface area contributed by atoms with Crippen LogP contribution in [0.2, 0.25) is 0 Å². The quantitative estimate of drug-likeness (QED) is 0.542. The van der Waals surface area contributed by atoms with Gasteiger partial charge in [0.15, 0.2) is 11.3 Å². The normalized spacial score (nSPS) is 14.2. The van der Waals surface area contributed by atoms with E-state index in [0.717, 1.165) is 22.3 Å². The molecule has 5 rings (SSSR count). The van der Waals surface area contributed by atoms with Crippen molar-refractivity contribution in [3.05, 3.63) is 83.0 Å². The maximum atomic E-state index is 12.8. The molecule has 0 saturated carbocycles. The number of hydrogen-bond donors (Lipinski definition) is 1. The summed E-state index contributed by atoms with van der Waals surface area (Å²) in [6.45, 7) is 2.65. The van der Waals surface area contributed by atoms with Gasteiger partial charge in [0.25, 0.3) is 0 Å². The highest BCUT2D eigenvalue weighted by molar-refractivity contribution is 5.93. The minimum absolute atomic E-state index is 0.0470. The van der Waals surface area contributed by atoms with Gasteiger partial charge in [-0.3, -0.25) is 4.79 Å². The highest BCUT2D eigenvalue weighted by atomic mass is 16.5. The summed E-state index contributed by atoms with van der Waals surface area (Å²) in [5.41, 5.74) is 4.42. The van der Waals surface area contributed by atoms with Gasteiger partial charge < -0.3 is 19.2 Å². The third-order valence-electron chi connectivity index (χ3n) is 5.44. The number of aromatic hydroxyl groups is 1. The third-order valence-corrected chi connectivity index (χ3v) is 5.44. The van der Waals surface area contributed by atoms with E-state index in [4.69, 9.17) is 9.15 Å². The molecule has 1 aromatic heterocycles. The topological polar surface area (TPSA) is 62.9 Å². The fourth-order valence-corrected chi connectivity index (χ4v) is 3.85. The van der Waals surface area contributed by atoms with Gasteiger partial charge in [-0.25, -0.2) is 0 Å². The maximum absolute atomic E-state index is 12.8. The highest BCUT2D eigenvalue weighted by Gasteiger charge is 2.17. The number of benzene rings is 3. The van der Waals surface area contributed by atoms with Crippen LogP contribution in [0.4, 0.5) is 5.88 Å². The lowest BCUT2D eigenvalue weighted by Gasteiger charge is -2.27. The largest absolute Gasteiger partial charge is 0.508 e. The van der Waals surface area contributed by atoms with Crippen LogP contribution in [-0.4, -0.2) is 31.4 Å². The van der Waals surface area contributed by atoms with Gasteiger partial charge in [0.05, 0.1) is 18.6 Å². The molecule has 150 valence electrons. The predicted molar refractivity (Wildman–Crippen MR) is 118 cm³/mol. The number of para-hydroxylation sites is 1. The van der Waals surface area contributed by atoms with E-state index in [1.165, 1.54) is 0 Å². The molecule has 1 fully saturated rings. The molecular weight excluding hydrogens is 378 g/mol. The van der Waals surface area contributed by atoms with Crippen molar-refractivity contribution in [1.82, 2.24) is 0 Å². The van der Waals surface area contributed by atoms with Crippen molar-refractivity contribution in [3.63, 3.8) is 0 Å². The molecular formula is C25H21NO4. The third kappa shape index (κ3) is 3.44. The van der Waals surface area contributed by atoms with Crippen molar-refractivity contribution in [2.75, 3.05) is 31.2 Å². The molecule has 0 radical (unpaired) electrons. The van der Waals surface area contributed by atoms with Gasteiger partial charge >= 0.3 is 0 Å². The molecule has 0 unspecified atom stereocenters. The van der Waals surface area contributed by atoms with Crippen LogP contribution in [0.3, 0.4) is 0 Å². The fourth-order valence-electron chi connectivity index (χ4n) is 3.85. The van der Waals surface area contributed by atoms with Gasteiger partial charge in [0.2, 0.25) is 0 Å². The Hall–Kier alpha value is -3.57. The first-order chi connectivity index (χ1) is 14.7. The average molecular weight is 399 g/mol. The van der Waals surface area contributed by atoms with Crippen LogP contribution in [0, 0.1) is 0 Å². The number of phenols is 1. The monoisotopic (exact) mass is 399 g/mol. The number of phenolic OH excluding ortho intramolecular Hbond substituents is 1. The molecule has 3 aromatic carbocycles. The van der Waals surface area contributed by atoms with Crippen molar-refractivity contribution in [3.8, 4) is 28.0 Å². The molecule has 1 N–H and O–H groups in total. The van der Waals surface area contributed by atoms with E-state index < -0.39 is 0 Å². The molecule has 1 aliphatic rings. The lowest BCUT2D eigenvalue weighted by Crippen LogP contribution is -2.36. The summed E-state index contributed by atoms with van der Waals surface area (Å²) in [5, 5.41) is 10.1. The Morgan fingerprint density at radius 2 is 1.53 bits per heavy atom. The number of morpholine rings is 1. The van der Waals surface area contributed by atoms with E-state index in [2.05, 4.69) is 6.07 Å². The standard InChI is InChI=1S/C25H21NO4/c27-20-9-7-17(8-10-20)18-3-1-4-19(15-18)21-5-2-6-22-23(28)16-24(30-25(21)22)26-11-13-29-14-12-26/h1-10,15-16,27H,11-14H2. The first kappa shape index (κ1) is 18.5.